The monoisotopic (exact) mass is 448 g/mol. The first-order valence-electron chi connectivity index (χ1n) is 11.8. The third kappa shape index (κ3) is 3.52. The number of ether oxygens (including phenoxy) is 1. The van der Waals surface area contributed by atoms with Gasteiger partial charge >= 0.3 is 0 Å². The molecule has 0 N–H and O–H groups in total. The molecule has 0 saturated carbocycles. The lowest BCUT2D eigenvalue weighted by Gasteiger charge is -2.40. The van der Waals surface area contributed by atoms with Gasteiger partial charge in [0.15, 0.2) is 0 Å². The van der Waals surface area contributed by atoms with Gasteiger partial charge in [-0.3, -0.25) is 0 Å². The lowest BCUT2D eigenvalue weighted by molar-refractivity contribution is 0.409. The maximum atomic E-state index is 5.99. The molecule has 0 spiro atoms. The minimum absolute atomic E-state index is 0.0814. The quantitative estimate of drug-likeness (QED) is 0.281. The van der Waals surface area contributed by atoms with Crippen molar-refractivity contribution in [3.8, 4) is 5.75 Å². The van der Waals surface area contributed by atoms with Gasteiger partial charge in [-0.15, -0.1) is 0 Å². The molecule has 1 atom stereocenters. The Morgan fingerprint density at radius 2 is 1.44 bits per heavy atom. The van der Waals surface area contributed by atoms with Crippen LogP contribution in [-0.4, -0.2) is 21.2 Å². The van der Waals surface area contributed by atoms with Crippen molar-refractivity contribution in [2.24, 2.45) is 0 Å². The Hall–Kier alpha value is -3.72. The highest BCUT2D eigenvalue weighted by Gasteiger charge is 2.36. The van der Waals surface area contributed by atoms with Crippen LogP contribution < -0.4 is 14.5 Å². The van der Waals surface area contributed by atoms with E-state index in [1.807, 2.05) is 0 Å². The summed E-state index contributed by atoms with van der Waals surface area (Å²) in [6.07, 6.45) is 0. The number of para-hydroxylation sites is 1. The predicted molar refractivity (Wildman–Crippen MR) is 144 cm³/mol. The first-order chi connectivity index (χ1) is 16.4. The molecule has 0 aromatic heterocycles. The van der Waals surface area contributed by atoms with E-state index >= 15 is 0 Å². The summed E-state index contributed by atoms with van der Waals surface area (Å²) in [6, 6.07) is 28.5. The molecule has 1 heterocycles. The molecular formula is C31H32N2O. The maximum absolute atomic E-state index is 5.99. The summed E-state index contributed by atoms with van der Waals surface area (Å²) in [4.78, 5) is 4.55. The van der Waals surface area contributed by atoms with Crippen LogP contribution in [0.2, 0.25) is 0 Å². The van der Waals surface area contributed by atoms with Crippen LogP contribution in [0, 0.1) is 20.8 Å². The normalized spacial score (nSPS) is 14.4. The second kappa shape index (κ2) is 8.57. The molecule has 1 unspecified atom stereocenters. The molecule has 0 bridgehead atoms. The molecule has 172 valence electrons. The van der Waals surface area contributed by atoms with E-state index in [0.717, 1.165) is 11.4 Å². The largest absolute Gasteiger partial charge is 0.496 e. The van der Waals surface area contributed by atoms with Gasteiger partial charge in [0.1, 0.15) is 5.75 Å². The zero-order chi connectivity index (χ0) is 24.0. The van der Waals surface area contributed by atoms with E-state index in [0.29, 0.717) is 0 Å². The van der Waals surface area contributed by atoms with E-state index in [1.165, 1.54) is 50.4 Å². The number of methoxy groups -OCH3 is 1. The van der Waals surface area contributed by atoms with Crippen LogP contribution in [0.5, 0.6) is 5.75 Å². The molecule has 4 aromatic carbocycles. The number of hydrogen-bond donors (Lipinski definition) is 0. The average Bonchev–Trinajstić information content (AvgIpc) is 2.82. The van der Waals surface area contributed by atoms with Crippen LogP contribution >= 0.6 is 0 Å². The Kier molecular flexibility index (Phi) is 5.57. The summed E-state index contributed by atoms with van der Waals surface area (Å²) in [7, 11) is 5.97. The van der Waals surface area contributed by atoms with Crippen molar-refractivity contribution in [3.63, 3.8) is 0 Å². The van der Waals surface area contributed by atoms with Crippen LogP contribution in [0.15, 0.2) is 78.9 Å². The van der Waals surface area contributed by atoms with Gasteiger partial charge < -0.3 is 14.5 Å². The fourth-order valence-electron chi connectivity index (χ4n) is 5.53. The molecular weight excluding hydrogens is 416 g/mol. The number of rotatable bonds is 4. The molecule has 0 amide bonds. The lowest BCUT2D eigenvalue weighted by Crippen LogP contribution is -2.24. The third-order valence-corrected chi connectivity index (χ3v) is 6.92. The van der Waals surface area contributed by atoms with Crippen molar-refractivity contribution in [1.82, 2.24) is 0 Å². The predicted octanol–water partition coefficient (Wildman–Crippen LogP) is 7.65. The highest BCUT2D eigenvalue weighted by atomic mass is 16.5. The van der Waals surface area contributed by atoms with Crippen molar-refractivity contribution >= 4 is 22.7 Å². The highest BCUT2D eigenvalue weighted by Crippen LogP contribution is 2.55. The highest BCUT2D eigenvalue weighted by molar-refractivity contribution is 5.89. The smallest absolute Gasteiger partial charge is 0.125 e. The van der Waals surface area contributed by atoms with Crippen molar-refractivity contribution in [3.05, 3.63) is 112 Å². The van der Waals surface area contributed by atoms with E-state index in [4.69, 9.17) is 4.74 Å². The maximum Gasteiger partial charge on any atom is 0.125 e. The zero-order valence-electron chi connectivity index (χ0n) is 20.9. The van der Waals surface area contributed by atoms with E-state index in [-0.39, 0.29) is 5.92 Å². The fraction of sp³-hybridized carbons (Fsp3) is 0.226. The van der Waals surface area contributed by atoms with Crippen LogP contribution in [-0.2, 0) is 0 Å². The fourth-order valence-corrected chi connectivity index (χ4v) is 5.53. The molecule has 34 heavy (non-hydrogen) atoms. The first-order valence-corrected chi connectivity index (χ1v) is 11.8. The molecule has 0 aliphatic carbocycles. The summed E-state index contributed by atoms with van der Waals surface area (Å²) >= 11 is 0. The lowest BCUT2D eigenvalue weighted by atomic mass is 9.76. The minimum Gasteiger partial charge on any atom is -0.496 e. The molecule has 0 radical (unpaired) electrons. The molecule has 1 aliphatic rings. The van der Waals surface area contributed by atoms with Gasteiger partial charge in [0.05, 0.1) is 18.5 Å². The van der Waals surface area contributed by atoms with Gasteiger partial charge in [-0.25, -0.2) is 0 Å². The number of fused-ring (bicyclic) bond motifs is 2. The van der Waals surface area contributed by atoms with Crippen molar-refractivity contribution in [2.75, 3.05) is 31.0 Å². The number of benzene rings is 4. The minimum atomic E-state index is 0.0814. The molecule has 5 rings (SSSR count). The molecule has 0 saturated heterocycles. The summed E-state index contributed by atoms with van der Waals surface area (Å²) in [5.74, 6) is 1.00. The summed E-state index contributed by atoms with van der Waals surface area (Å²) in [6.45, 7) is 6.65. The summed E-state index contributed by atoms with van der Waals surface area (Å²) < 4.78 is 5.99. The summed E-state index contributed by atoms with van der Waals surface area (Å²) in [5.41, 5.74) is 12.5. The SMILES string of the molecule is COc1cccc2c1C(c1c(C)cc(C)cc1C)c1ccc(N(C)C)cc1N2c1ccccc1. The standard InChI is InChI=1S/C31H32N2O/c1-20-17-21(2)29(22(3)18-20)30-25-16-15-24(32(4)5)19-27(25)33(23-11-8-7-9-12-23)26-13-10-14-28(34-6)31(26)30/h7-19,30H,1-6H3. The van der Waals surface area contributed by atoms with Crippen LogP contribution in [0.25, 0.3) is 0 Å². The van der Waals surface area contributed by atoms with Gasteiger partial charge in [-0.05, 0) is 79.4 Å². The van der Waals surface area contributed by atoms with E-state index in [2.05, 4.69) is 124 Å². The van der Waals surface area contributed by atoms with Gasteiger partial charge in [0.25, 0.3) is 0 Å². The van der Waals surface area contributed by atoms with Crippen molar-refractivity contribution in [2.45, 2.75) is 26.7 Å². The summed E-state index contributed by atoms with van der Waals surface area (Å²) in [5, 5.41) is 0. The van der Waals surface area contributed by atoms with Gasteiger partial charge in [-0.2, -0.15) is 0 Å². The number of nitrogens with zero attached hydrogens (tertiary/aromatic N) is 2. The second-order valence-electron chi connectivity index (χ2n) is 9.45. The zero-order valence-corrected chi connectivity index (χ0v) is 20.9. The third-order valence-electron chi connectivity index (χ3n) is 6.92. The number of hydrogen-bond acceptors (Lipinski definition) is 3. The number of aryl methyl sites for hydroxylation is 3. The van der Waals surface area contributed by atoms with Crippen LogP contribution in [0.1, 0.15) is 39.3 Å². The van der Waals surface area contributed by atoms with Crippen LogP contribution in [0.3, 0.4) is 0 Å². The van der Waals surface area contributed by atoms with Gasteiger partial charge in [-0.1, -0.05) is 48.0 Å². The second-order valence-corrected chi connectivity index (χ2v) is 9.45. The molecule has 3 heteroatoms. The Morgan fingerprint density at radius 1 is 0.735 bits per heavy atom. The van der Waals surface area contributed by atoms with E-state index < -0.39 is 0 Å². The van der Waals surface area contributed by atoms with Crippen molar-refractivity contribution in [1.29, 1.82) is 0 Å². The van der Waals surface area contributed by atoms with Crippen LogP contribution in [0.4, 0.5) is 22.7 Å². The first kappa shape index (κ1) is 22.1. The van der Waals surface area contributed by atoms with Gasteiger partial charge in [0.2, 0.25) is 0 Å². The van der Waals surface area contributed by atoms with Gasteiger partial charge in [0, 0.05) is 37.0 Å². The Labute approximate surface area is 203 Å². The van der Waals surface area contributed by atoms with Crippen molar-refractivity contribution < 1.29 is 4.74 Å². The number of anilines is 4. The molecule has 1 aliphatic heterocycles. The van der Waals surface area contributed by atoms with E-state index in [1.54, 1.807) is 7.11 Å². The van der Waals surface area contributed by atoms with E-state index in [9.17, 15) is 0 Å². The molecule has 4 aromatic rings. The Balaban J connectivity index is 1.89. The molecule has 3 nitrogen and oxygen atoms in total. The average molecular weight is 449 g/mol. The Morgan fingerprint density at radius 3 is 2.09 bits per heavy atom. The molecule has 0 fully saturated rings. The topological polar surface area (TPSA) is 15.7 Å². The Bertz CT molecular complexity index is 1330.